The van der Waals surface area contributed by atoms with E-state index in [0.717, 1.165) is 22.3 Å². The molecule has 166 valence electrons. The van der Waals surface area contributed by atoms with Crippen LogP contribution in [0.2, 0.25) is 0 Å². The van der Waals surface area contributed by atoms with Crippen molar-refractivity contribution < 1.29 is 19.4 Å². The first kappa shape index (κ1) is 22.5. The first-order chi connectivity index (χ1) is 15.4. The van der Waals surface area contributed by atoms with Crippen molar-refractivity contribution in [1.29, 1.82) is 0 Å². The summed E-state index contributed by atoms with van der Waals surface area (Å²) in [6.45, 7) is 2.06. The number of alkyl carbamates (subject to hydrolysis) is 1. The van der Waals surface area contributed by atoms with Crippen LogP contribution >= 0.6 is 31.9 Å². The standard InChI is InChI=1S/C23H21Br2N3O4/c1-2-19-27-20(24)21(25)28(19)11-18(22(29)30)26-23(31)32-12-17-15-9-5-3-7-13(15)14-8-4-6-10-16(14)17/h3-10,17-18H,2,11-12H2,1H3,(H,26,31)(H,29,30). The molecule has 1 aliphatic rings. The number of hydrogen-bond donors (Lipinski definition) is 2. The van der Waals surface area contributed by atoms with Crippen LogP contribution in [-0.4, -0.2) is 39.4 Å². The second-order valence-corrected chi connectivity index (χ2v) is 8.94. The Balaban J connectivity index is 1.46. The van der Waals surface area contributed by atoms with Crippen LogP contribution in [0.4, 0.5) is 4.79 Å². The average Bonchev–Trinajstić information content (AvgIpc) is 3.26. The molecule has 0 fully saturated rings. The van der Waals surface area contributed by atoms with Crippen LogP contribution in [0.25, 0.3) is 11.1 Å². The molecule has 0 saturated carbocycles. The number of benzene rings is 2. The van der Waals surface area contributed by atoms with Gasteiger partial charge in [0.1, 0.15) is 27.7 Å². The fraction of sp³-hybridized carbons (Fsp3) is 0.261. The van der Waals surface area contributed by atoms with Crippen molar-refractivity contribution in [3.63, 3.8) is 0 Å². The Morgan fingerprint density at radius 3 is 2.28 bits per heavy atom. The number of imidazole rings is 1. The Kier molecular flexibility index (Phi) is 6.66. The number of ether oxygens (including phenoxy) is 1. The number of aryl methyl sites for hydroxylation is 1. The summed E-state index contributed by atoms with van der Waals surface area (Å²) in [6, 6.07) is 14.9. The van der Waals surface area contributed by atoms with Gasteiger partial charge in [-0.2, -0.15) is 0 Å². The summed E-state index contributed by atoms with van der Waals surface area (Å²) in [4.78, 5) is 28.7. The molecule has 2 aromatic carbocycles. The summed E-state index contributed by atoms with van der Waals surface area (Å²) in [5.74, 6) is -0.552. The maximum atomic E-state index is 12.5. The fourth-order valence-electron chi connectivity index (χ4n) is 4.05. The number of fused-ring (bicyclic) bond motifs is 3. The summed E-state index contributed by atoms with van der Waals surface area (Å²) in [7, 11) is 0. The largest absolute Gasteiger partial charge is 0.480 e. The first-order valence-electron chi connectivity index (χ1n) is 10.1. The zero-order valence-corrected chi connectivity index (χ0v) is 20.4. The Morgan fingerprint density at radius 2 is 1.72 bits per heavy atom. The van der Waals surface area contributed by atoms with E-state index >= 15 is 0 Å². The van der Waals surface area contributed by atoms with E-state index < -0.39 is 18.1 Å². The molecule has 0 bridgehead atoms. The molecule has 32 heavy (non-hydrogen) atoms. The zero-order valence-electron chi connectivity index (χ0n) is 17.2. The van der Waals surface area contributed by atoms with E-state index in [1.165, 1.54) is 0 Å². The normalized spacial score (nSPS) is 13.3. The van der Waals surface area contributed by atoms with Crippen molar-refractivity contribution in [2.45, 2.75) is 31.8 Å². The summed E-state index contributed by atoms with van der Waals surface area (Å²) in [6.07, 6.45) is -0.158. The molecule has 1 heterocycles. The van der Waals surface area contributed by atoms with Crippen LogP contribution in [-0.2, 0) is 22.5 Å². The van der Waals surface area contributed by atoms with Crippen LogP contribution in [0.5, 0.6) is 0 Å². The second kappa shape index (κ2) is 9.46. The molecule has 1 unspecified atom stereocenters. The lowest BCUT2D eigenvalue weighted by atomic mass is 9.98. The highest BCUT2D eigenvalue weighted by molar-refractivity contribution is 9.13. The van der Waals surface area contributed by atoms with E-state index in [2.05, 4.69) is 54.3 Å². The number of nitrogens with zero attached hydrogens (tertiary/aromatic N) is 2. The Bertz CT molecular complexity index is 1130. The van der Waals surface area contributed by atoms with E-state index in [-0.39, 0.29) is 19.1 Å². The van der Waals surface area contributed by atoms with Gasteiger partial charge in [-0.1, -0.05) is 55.5 Å². The monoisotopic (exact) mass is 561 g/mol. The molecular weight excluding hydrogens is 542 g/mol. The molecular formula is C23H21Br2N3O4. The predicted molar refractivity (Wildman–Crippen MR) is 127 cm³/mol. The summed E-state index contributed by atoms with van der Waals surface area (Å²) in [5, 5.41) is 12.1. The van der Waals surface area contributed by atoms with Crippen molar-refractivity contribution in [2.24, 2.45) is 0 Å². The number of aromatic nitrogens is 2. The smallest absolute Gasteiger partial charge is 0.407 e. The minimum absolute atomic E-state index is 0.0158. The van der Waals surface area contributed by atoms with Crippen molar-refractivity contribution >= 4 is 43.9 Å². The van der Waals surface area contributed by atoms with Gasteiger partial charge in [-0.15, -0.1) is 0 Å². The number of aliphatic carboxylic acids is 1. The fourth-order valence-corrected chi connectivity index (χ4v) is 4.91. The van der Waals surface area contributed by atoms with Crippen molar-refractivity contribution in [3.05, 3.63) is 74.7 Å². The lowest BCUT2D eigenvalue weighted by Crippen LogP contribution is -2.44. The summed E-state index contributed by atoms with van der Waals surface area (Å²) >= 11 is 6.74. The minimum Gasteiger partial charge on any atom is -0.480 e. The van der Waals surface area contributed by atoms with Gasteiger partial charge in [-0.25, -0.2) is 14.6 Å². The second-order valence-electron chi connectivity index (χ2n) is 7.43. The third kappa shape index (κ3) is 4.31. The molecule has 0 spiro atoms. The van der Waals surface area contributed by atoms with Gasteiger partial charge in [0, 0.05) is 12.3 Å². The third-order valence-corrected chi connectivity index (χ3v) is 7.45. The van der Waals surface area contributed by atoms with Gasteiger partial charge >= 0.3 is 12.1 Å². The van der Waals surface area contributed by atoms with Crippen LogP contribution < -0.4 is 5.32 Å². The third-order valence-electron chi connectivity index (χ3n) is 5.56. The minimum atomic E-state index is -1.17. The number of carbonyl (C=O) groups is 2. The lowest BCUT2D eigenvalue weighted by molar-refractivity contribution is -0.139. The highest BCUT2D eigenvalue weighted by atomic mass is 79.9. The van der Waals surface area contributed by atoms with Gasteiger partial charge in [0.2, 0.25) is 0 Å². The lowest BCUT2D eigenvalue weighted by Gasteiger charge is -2.19. The van der Waals surface area contributed by atoms with Gasteiger partial charge in [0.25, 0.3) is 0 Å². The highest BCUT2D eigenvalue weighted by Crippen LogP contribution is 2.44. The van der Waals surface area contributed by atoms with Crippen LogP contribution in [0, 0.1) is 0 Å². The number of carboxylic acid groups (broad SMARTS) is 1. The summed E-state index contributed by atoms with van der Waals surface area (Å²) in [5.41, 5.74) is 4.44. The predicted octanol–water partition coefficient (Wildman–Crippen LogP) is 4.96. The maximum absolute atomic E-state index is 12.5. The summed E-state index contributed by atoms with van der Waals surface area (Å²) < 4.78 is 8.41. The number of hydrogen-bond acceptors (Lipinski definition) is 4. The number of rotatable bonds is 7. The molecule has 7 nitrogen and oxygen atoms in total. The number of carbonyl (C=O) groups excluding carboxylic acids is 1. The van der Waals surface area contributed by atoms with Gasteiger partial charge in [0.15, 0.2) is 0 Å². The van der Waals surface area contributed by atoms with E-state index in [1.807, 2.05) is 43.3 Å². The molecule has 4 rings (SSSR count). The van der Waals surface area contributed by atoms with Gasteiger partial charge < -0.3 is 19.7 Å². The quantitative estimate of drug-likeness (QED) is 0.424. The van der Waals surface area contributed by atoms with Crippen molar-refractivity contribution in [1.82, 2.24) is 14.9 Å². The molecule has 0 radical (unpaired) electrons. The molecule has 1 atom stereocenters. The van der Waals surface area contributed by atoms with Crippen molar-refractivity contribution in [3.8, 4) is 11.1 Å². The number of carboxylic acids is 1. The average molecular weight is 563 g/mol. The molecule has 0 aliphatic heterocycles. The highest BCUT2D eigenvalue weighted by Gasteiger charge is 2.30. The Morgan fingerprint density at radius 1 is 1.12 bits per heavy atom. The van der Waals surface area contributed by atoms with Crippen LogP contribution in [0.1, 0.15) is 29.8 Å². The molecule has 2 N–H and O–H groups in total. The van der Waals surface area contributed by atoms with E-state index in [1.54, 1.807) is 4.57 Å². The van der Waals surface area contributed by atoms with Crippen molar-refractivity contribution in [2.75, 3.05) is 6.61 Å². The zero-order chi connectivity index (χ0) is 22.8. The van der Waals surface area contributed by atoms with E-state index in [0.29, 0.717) is 21.5 Å². The number of halogens is 2. The first-order valence-corrected chi connectivity index (χ1v) is 11.7. The molecule has 3 aromatic rings. The van der Waals surface area contributed by atoms with Gasteiger partial charge in [0.05, 0.1) is 6.54 Å². The molecule has 9 heteroatoms. The van der Waals surface area contributed by atoms with Gasteiger partial charge in [-0.3, -0.25) is 0 Å². The SMILES string of the molecule is CCc1nc(Br)c(Br)n1CC(NC(=O)OCC1c2ccccc2-c2ccccc21)C(=O)O. The number of nitrogens with one attached hydrogen (secondary N) is 1. The molecule has 1 aliphatic carbocycles. The maximum Gasteiger partial charge on any atom is 0.407 e. The number of amides is 1. The Hall–Kier alpha value is -2.65. The molecule has 1 amide bonds. The molecule has 1 aromatic heterocycles. The van der Waals surface area contributed by atoms with Crippen LogP contribution in [0.3, 0.4) is 0 Å². The van der Waals surface area contributed by atoms with Gasteiger partial charge in [-0.05, 0) is 54.1 Å². The van der Waals surface area contributed by atoms with E-state index in [4.69, 9.17) is 4.74 Å². The topological polar surface area (TPSA) is 93.5 Å². The van der Waals surface area contributed by atoms with E-state index in [9.17, 15) is 14.7 Å². The molecule has 0 saturated heterocycles. The van der Waals surface area contributed by atoms with Crippen LogP contribution in [0.15, 0.2) is 57.7 Å². The Labute approximate surface area is 202 Å².